The Morgan fingerprint density at radius 3 is 2.79 bits per heavy atom. The number of aryl methyl sites for hydroxylation is 1. The van der Waals surface area contributed by atoms with Crippen molar-refractivity contribution in [2.24, 2.45) is 0 Å². The van der Waals surface area contributed by atoms with E-state index in [-0.39, 0.29) is 11.7 Å². The summed E-state index contributed by atoms with van der Waals surface area (Å²) >= 11 is 1.33. The fourth-order valence-electron chi connectivity index (χ4n) is 2.59. The van der Waals surface area contributed by atoms with Crippen molar-refractivity contribution in [1.82, 2.24) is 19.8 Å². The second-order valence-corrected chi connectivity index (χ2v) is 6.98. The van der Waals surface area contributed by atoms with Gasteiger partial charge in [-0.2, -0.15) is 5.10 Å². The number of methoxy groups -OCH3 is 1. The summed E-state index contributed by atoms with van der Waals surface area (Å²) in [6, 6.07) is 13.1. The van der Waals surface area contributed by atoms with Crippen LogP contribution in [0.1, 0.15) is 5.76 Å². The van der Waals surface area contributed by atoms with Crippen molar-refractivity contribution in [3.8, 4) is 17.0 Å². The van der Waals surface area contributed by atoms with Gasteiger partial charge in [0.2, 0.25) is 5.91 Å². The number of fused-ring (bicyclic) bond motifs is 1. The summed E-state index contributed by atoms with van der Waals surface area (Å²) in [4.78, 5) is 16.6. The largest absolute Gasteiger partial charge is 0.497 e. The van der Waals surface area contributed by atoms with Crippen molar-refractivity contribution in [3.63, 3.8) is 0 Å². The number of nitrogens with one attached hydrogen (secondary N) is 1. The molecule has 3 aromatic heterocycles. The van der Waals surface area contributed by atoms with Gasteiger partial charge in [-0.1, -0.05) is 16.9 Å². The third-order valence-electron chi connectivity index (χ3n) is 3.93. The number of aromatic nitrogens is 4. The molecule has 1 N–H and O–H groups in total. The smallest absolute Gasteiger partial charge is 0.236 e. The predicted octanol–water partition coefficient (Wildman–Crippen LogP) is 3.43. The number of amides is 1. The molecule has 0 saturated heterocycles. The third-order valence-corrected chi connectivity index (χ3v) is 4.85. The van der Waals surface area contributed by atoms with Crippen LogP contribution in [-0.4, -0.2) is 38.5 Å². The highest BCUT2D eigenvalue weighted by molar-refractivity contribution is 7.99. The summed E-state index contributed by atoms with van der Waals surface area (Å²) in [5.41, 5.74) is 2.52. The van der Waals surface area contributed by atoms with Crippen LogP contribution >= 0.6 is 11.8 Å². The summed E-state index contributed by atoms with van der Waals surface area (Å²) in [5, 5.41) is 11.7. The molecule has 1 amide bonds. The average molecular weight is 395 g/mol. The van der Waals surface area contributed by atoms with E-state index in [2.05, 4.69) is 20.6 Å². The molecule has 0 saturated carbocycles. The Balaban J connectivity index is 1.44. The maximum atomic E-state index is 12.0. The van der Waals surface area contributed by atoms with Gasteiger partial charge in [-0.25, -0.2) is 9.50 Å². The maximum absolute atomic E-state index is 12.0. The molecule has 4 aromatic rings. The van der Waals surface area contributed by atoms with Gasteiger partial charge in [-0.15, -0.1) is 0 Å². The summed E-state index contributed by atoms with van der Waals surface area (Å²) in [7, 11) is 1.63. The van der Waals surface area contributed by atoms with E-state index in [9.17, 15) is 4.79 Å². The van der Waals surface area contributed by atoms with Gasteiger partial charge in [-0.3, -0.25) is 4.79 Å². The minimum atomic E-state index is -0.176. The van der Waals surface area contributed by atoms with Gasteiger partial charge in [0, 0.05) is 11.6 Å². The van der Waals surface area contributed by atoms with E-state index in [0.29, 0.717) is 11.6 Å². The van der Waals surface area contributed by atoms with Gasteiger partial charge < -0.3 is 14.6 Å². The Labute approximate surface area is 164 Å². The highest BCUT2D eigenvalue weighted by Crippen LogP contribution is 2.23. The van der Waals surface area contributed by atoms with E-state index in [1.54, 1.807) is 24.6 Å². The number of rotatable bonds is 6. The molecular formula is C19H17N5O3S. The molecule has 0 spiro atoms. The van der Waals surface area contributed by atoms with Gasteiger partial charge >= 0.3 is 0 Å². The molecule has 8 nitrogen and oxygen atoms in total. The molecule has 142 valence electrons. The highest BCUT2D eigenvalue weighted by Gasteiger charge is 2.10. The first kappa shape index (κ1) is 18.1. The van der Waals surface area contributed by atoms with E-state index in [4.69, 9.17) is 9.26 Å². The fraction of sp³-hybridized carbons (Fsp3) is 0.158. The monoisotopic (exact) mass is 395 g/mol. The number of thioether (sulfide) groups is 1. The zero-order valence-corrected chi connectivity index (χ0v) is 16.1. The van der Waals surface area contributed by atoms with Crippen molar-refractivity contribution in [2.45, 2.75) is 11.9 Å². The summed E-state index contributed by atoms with van der Waals surface area (Å²) in [5.74, 6) is 1.88. The Morgan fingerprint density at radius 1 is 1.25 bits per heavy atom. The molecular weight excluding hydrogens is 378 g/mol. The zero-order chi connectivity index (χ0) is 19.5. The molecule has 3 heterocycles. The first-order chi connectivity index (χ1) is 13.6. The van der Waals surface area contributed by atoms with Crippen LogP contribution in [0.5, 0.6) is 5.75 Å². The fourth-order valence-corrected chi connectivity index (χ4v) is 3.25. The second kappa shape index (κ2) is 7.73. The van der Waals surface area contributed by atoms with Crippen molar-refractivity contribution in [1.29, 1.82) is 0 Å². The summed E-state index contributed by atoms with van der Waals surface area (Å²) in [6.07, 6.45) is 1.86. The van der Waals surface area contributed by atoms with Gasteiger partial charge in [0.1, 0.15) is 16.5 Å². The molecule has 0 aliphatic heterocycles. The SMILES string of the molecule is COc1ccc(-c2cn3nc(SCC(=O)Nc4cc(C)on4)ccc3n2)cc1. The lowest BCUT2D eigenvalue weighted by atomic mass is 10.2. The maximum Gasteiger partial charge on any atom is 0.236 e. The van der Waals surface area contributed by atoms with Gasteiger partial charge in [0.25, 0.3) is 0 Å². The van der Waals surface area contributed by atoms with Crippen molar-refractivity contribution < 1.29 is 14.1 Å². The Hall–Kier alpha value is -3.33. The number of imidazole rings is 1. The lowest BCUT2D eigenvalue weighted by Gasteiger charge is -2.01. The van der Waals surface area contributed by atoms with Gasteiger partial charge in [0.05, 0.1) is 24.8 Å². The number of carbonyl (C=O) groups is 1. The Bertz CT molecular complexity index is 1120. The molecule has 0 aliphatic carbocycles. The van der Waals surface area contributed by atoms with Crippen molar-refractivity contribution in [2.75, 3.05) is 18.2 Å². The predicted molar refractivity (Wildman–Crippen MR) is 106 cm³/mol. The van der Waals surface area contributed by atoms with Gasteiger partial charge in [0.15, 0.2) is 11.5 Å². The van der Waals surface area contributed by atoms with Crippen LogP contribution in [0.15, 0.2) is 58.2 Å². The Morgan fingerprint density at radius 2 is 2.07 bits per heavy atom. The molecule has 4 rings (SSSR count). The second-order valence-electron chi connectivity index (χ2n) is 5.99. The zero-order valence-electron chi connectivity index (χ0n) is 15.2. The first-order valence-electron chi connectivity index (χ1n) is 8.47. The van der Waals surface area contributed by atoms with Crippen LogP contribution in [-0.2, 0) is 4.79 Å². The van der Waals surface area contributed by atoms with E-state index in [0.717, 1.165) is 27.7 Å². The lowest BCUT2D eigenvalue weighted by Crippen LogP contribution is -2.14. The normalized spacial score (nSPS) is 10.9. The first-order valence-corrected chi connectivity index (χ1v) is 9.46. The van der Waals surface area contributed by atoms with E-state index < -0.39 is 0 Å². The number of hydrogen-bond acceptors (Lipinski definition) is 7. The number of ether oxygens (including phenoxy) is 1. The highest BCUT2D eigenvalue weighted by atomic mass is 32.2. The van der Waals surface area contributed by atoms with Crippen LogP contribution in [0.25, 0.3) is 16.9 Å². The van der Waals surface area contributed by atoms with Crippen LogP contribution in [0.3, 0.4) is 0 Å². The third kappa shape index (κ3) is 3.99. The molecule has 0 aliphatic rings. The van der Waals surface area contributed by atoms with Crippen LogP contribution in [0.4, 0.5) is 5.82 Å². The van der Waals surface area contributed by atoms with Crippen molar-refractivity contribution >= 4 is 29.1 Å². The lowest BCUT2D eigenvalue weighted by molar-refractivity contribution is -0.113. The number of nitrogens with zero attached hydrogens (tertiary/aromatic N) is 4. The van der Waals surface area contributed by atoms with Crippen LogP contribution < -0.4 is 10.1 Å². The molecule has 28 heavy (non-hydrogen) atoms. The number of hydrogen-bond donors (Lipinski definition) is 1. The molecule has 0 radical (unpaired) electrons. The average Bonchev–Trinajstić information content (AvgIpc) is 3.32. The minimum Gasteiger partial charge on any atom is -0.497 e. The standard InChI is InChI=1S/C19H17N5O3S/c1-12-9-16(23-27-12)21-18(25)11-28-19-8-7-17-20-15(10-24(17)22-19)13-3-5-14(26-2)6-4-13/h3-10H,11H2,1-2H3,(H,21,23,25). The number of benzene rings is 1. The van der Waals surface area contributed by atoms with Crippen LogP contribution in [0, 0.1) is 6.92 Å². The van der Waals surface area contributed by atoms with E-state index in [1.807, 2.05) is 42.6 Å². The summed E-state index contributed by atoms with van der Waals surface area (Å²) < 4.78 is 11.8. The number of carbonyl (C=O) groups excluding carboxylic acids is 1. The number of anilines is 1. The molecule has 1 aromatic carbocycles. The molecule has 9 heteroatoms. The van der Waals surface area contributed by atoms with Gasteiger partial charge in [-0.05, 0) is 43.3 Å². The topological polar surface area (TPSA) is 94.6 Å². The molecule has 0 bridgehead atoms. The molecule has 0 fully saturated rings. The molecule has 0 unspecified atom stereocenters. The molecule has 0 atom stereocenters. The quantitative estimate of drug-likeness (QED) is 0.500. The Kier molecular flexibility index (Phi) is 4.98. The van der Waals surface area contributed by atoms with Crippen molar-refractivity contribution in [3.05, 3.63) is 54.4 Å². The van der Waals surface area contributed by atoms with Crippen LogP contribution in [0.2, 0.25) is 0 Å². The van der Waals surface area contributed by atoms with E-state index in [1.165, 1.54) is 11.8 Å². The summed E-state index contributed by atoms with van der Waals surface area (Å²) in [6.45, 7) is 1.77. The minimum absolute atomic E-state index is 0.176. The van der Waals surface area contributed by atoms with E-state index >= 15 is 0 Å².